The lowest BCUT2D eigenvalue weighted by molar-refractivity contribution is -0.0168. The van der Waals surface area contributed by atoms with Crippen LogP contribution in [0.3, 0.4) is 0 Å². The number of rotatable bonds is 2. The molecule has 0 aromatic heterocycles. The van der Waals surface area contributed by atoms with Gasteiger partial charge in [-0.25, -0.2) is 0 Å². The molecule has 3 unspecified atom stereocenters. The molecule has 2 heterocycles. The Morgan fingerprint density at radius 1 is 1.27 bits per heavy atom. The molecule has 0 aromatic carbocycles. The smallest absolute Gasteiger partial charge is 0.0702 e. The topological polar surface area (TPSA) is 12.5 Å². The van der Waals surface area contributed by atoms with E-state index in [1.165, 1.54) is 38.6 Å². The van der Waals surface area contributed by atoms with Crippen molar-refractivity contribution in [3.8, 4) is 0 Å². The first kappa shape index (κ1) is 11.7. The molecule has 3 heteroatoms. The first-order chi connectivity index (χ1) is 7.27. The van der Waals surface area contributed by atoms with Crippen LogP contribution in [0.25, 0.3) is 0 Å². The standard InChI is InChI=1S/C12H22ClNO/c1-10-12(13)6-4-7-14(10)9-11-5-2-3-8-15-11/h10-12H,2-9H2,1H3. The van der Waals surface area contributed by atoms with E-state index in [2.05, 4.69) is 11.8 Å². The van der Waals surface area contributed by atoms with E-state index in [0.717, 1.165) is 13.2 Å². The quantitative estimate of drug-likeness (QED) is 0.678. The van der Waals surface area contributed by atoms with Gasteiger partial charge in [0, 0.05) is 24.6 Å². The van der Waals surface area contributed by atoms with Crippen LogP contribution < -0.4 is 0 Å². The van der Waals surface area contributed by atoms with E-state index in [-0.39, 0.29) is 0 Å². The fourth-order valence-corrected chi connectivity index (χ4v) is 2.95. The van der Waals surface area contributed by atoms with Crippen molar-refractivity contribution in [2.75, 3.05) is 19.7 Å². The lowest BCUT2D eigenvalue weighted by Crippen LogP contribution is -2.48. The van der Waals surface area contributed by atoms with Crippen LogP contribution in [0, 0.1) is 0 Å². The first-order valence-corrected chi connectivity index (χ1v) is 6.71. The summed E-state index contributed by atoms with van der Waals surface area (Å²) >= 11 is 6.30. The number of hydrogen-bond donors (Lipinski definition) is 0. The van der Waals surface area contributed by atoms with E-state index < -0.39 is 0 Å². The van der Waals surface area contributed by atoms with Crippen LogP contribution in [0.4, 0.5) is 0 Å². The highest BCUT2D eigenvalue weighted by molar-refractivity contribution is 6.21. The lowest BCUT2D eigenvalue weighted by Gasteiger charge is -2.39. The van der Waals surface area contributed by atoms with E-state index in [0.29, 0.717) is 17.5 Å². The number of hydrogen-bond acceptors (Lipinski definition) is 2. The summed E-state index contributed by atoms with van der Waals surface area (Å²) in [7, 11) is 0. The Labute approximate surface area is 97.9 Å². The molecule has 0 spiro atoms. The number of likely N-dealkylation sites (tertiary alicyclic amines) is 1. The van der Waals surface area contributed by atoms with Gasteiger partial charge >= 0.3 is 0 Å². The molecule has 3 atom stereocenters. The molecule has 0 radical (unpaired) electrons. The first-order valence-electron chi connectivity index (χ1n) is 6.27. The molecule has 0 aliphatic carbocycles. The summed E-state index contributed by atoms with van der Waals surface area (Å²) in [5.41, 5.74) is 0. The van der Waals surface area contributed by atoms with Crippen molar-refractivity contribution in [1.29, 1.82) is 0 Å². The van der Waals surface area contributed by atoms with E-state index >= 15 is 0 Å². The summed E-state index contributed by atoms with van der Waals surface area (Å²) in [6, 6.07) is 0.519. The summed E-state index contributed by atoms with van der Waals surface area (Å²) in [4.78, 5) is 2.51. The van der Waals surface area contributed by atoms with Gasteiger partial charge in [0.05, 0.1) is 6.10 Å². The van der Waals surface area contributed by atoms with E-state index in [1.54, 1.807) is 0 Å². The molecule has 0 N–H and O–H groups in total. The third-order valence-corrected chi connectivity index (χ3v) is 4.32. The molecule has 2 saturated heterocycles. The number of piperidine rings is 1. The van der Waals surface area contributed by atoms with Crippen LogP contribution in [-0.4, -0.2) is 42.1 Å². The van der Waals surface area contributed by atoms with E-state index in [9.17, 15) is 0 Å². The van der Waals surface area contributed by atoms with Crippen LogP contribution in [0.2, 0.25) is 0 Å². The minimum Gasteiger partial charge on any atom is -0.377 e. The Balaban J connectivity index is 1.81. The molecule has 2 rings (SSSR count). The highest BCUT2D eigenvalue weighted by atomic mass is 35.5. The minimum atomic E-state index is 0.336. The second-order valence-corrected chi connectivity index (χ2v) is 5.44. The van der Waals surface area contributed by atoms with E-state index in [1.807, 2.05) is 0 Å². The van der Waals surface area contributed by atoms with Crippen LogP contribution in [0.5, 0.6) is 0 Å². The zero-order valence-corrected chi connectivity index (χ0v) is 10.4. The summed E-state index contributed by atoms with van der Waals surface area (Å²) < 4.78 is 5.78. The Morgan fingerprint density at radius 2 is 2.13 bits per heavy atom. The van der Waals surface area contributed by atoms with Crippen molar-refractivity contribution in [2.45, 2.75) is 56.6 Å². The maximum Gasteiger partial charge on any atom is 0.0702 e. The predicted molar refractivity (Wildman–Crippen MR) is 63.5 cm³/mol. The van der Waals surface area contributed by atoms with E-state index in [4.69, 9.17) is 16.3 Å². The molecule has 2 aliphatic heterocycles. The molecule has 2 aliphatic rings. The molecule has 0 amide bonds. The largest absolute Gasteiger partial charge is 0.377 e. The third-order valence-electron chi connectivity index (χ3n) is 3.74. The van der Waals surface area contributed by atoms with Gasteiger partial charge in [-0.1, -0.05) is 0 Å². The monoisotopic (exact) mass is 231 g/mol. The fraction of sp³-hybridized carbons (Fsp3) is 1.00. The lowest BCUT2D eigenvalue weighted by atomic mass is 10.0. The average molecular weight is 232 g/mol. The summed E-state index contributed by atoms with van der Waals surface area (Å²) in [5.74, 6) is 0. The van der Waals surface area contributed by atoms with Gasteiger partial charge in [-0.05, 0) is 45.6 Å². The van der Waals surface area contributed by atoms with Crippen LogP contribution in [-0.2, 0) is 4.74 Å². The van der Waals surface area contributed by atoms with Crippen LogP contribution in [0.15, 0.2) is 0 Å². The highest BCUT2D eigenvalue weighted by Gasteiger charge is 2.28. The van der Waals surface area contributed by atoms with Crippen molar-refractivity contribution >= 4 is 11.6 Å². The second-order valence-electron chi connectivity index (χ2n) is 4.88. The van der Waals surface area contributed by atoms with Gasteiger partial charge in [0.25, 0.3) is 0 Å². The van der Waals surface area contributed by atoms with Gasteiger partial charge in [0.1, 0.15) is 0 Å². The SMILES string of the molecule is CC1C(Cl)CCCN1CC1CCCCO1. The maximum absolute atomic E-state index is 6.30. The number of alkyl halides is 1. The summed E-state index contributed by atoms with van der Waals surface area (Å²) in [6.45, 7) is 5.49. The van der Waals surface area contributed by atoms with Gasteiger partial charge in [-0.3, -0.25) is 4.90 Å². The zero-order chi connectivity index (χ0) is 10.7. The van der Waals surface area contributed by atoms with Gasteiger partial charge in [-0.15, -0.1) is 11.6 Å². The van der Waals surface area contributed by atoms with Crippen molar-refractivity contribution in [2.24, 2.45) is 0 Å². The molecule has 0 aromatic rings. The average Bonchev–Trinajstić information content (AvgIpc) is 2.26. The Bertz CT molecular complexity index is 194. The normalized spacial score (nSPS) is 39.2. The maximum atomic E-state index is 6.30. The van der Waals surface area contributed by atoms with Gasteiger partial charge in [0.15, 0.2) is 0 Å². The Hall–Kier alpha value is 0.210. The molecule has 0 saturated carbocycles. The number of nitrogens with zero attached hydrogens (tertiary/aromatic N) is 1. The minimum absolute atomic E-state index is 0.336. The molecular formula is C12H22ClNO. The second kappa shape index (κ2) is 5.51. The molecule has 2 fully saturated rings. The Kier molecular flexibility index (Phi) is 4.30. The summed E-state index contributed by atoms with van der Waals surface area (Å²) in [6.07, 6.45) is 6.68. The van der Waals surface area contributed by atoms with Crippen molar-refractivity contribution < 1.29 is 4.74 Å². The highest BCUT2D eigenvalue weighted by Crippen LogP contribution is 2.24. The van der Waals surface area contributed by atoms with Crippen molar-refractivity contribution in [3.05, 3.63) is 0 Å². The van der Waals surface area contributed by atoms with Crippen molar-refractivity contribution in [1.82, 2.24) is 4.90 Å². The van der Waals surface area contributed by atoms with Gasteiger partial charge < -0.3 is 4.74 Å². The third kappa shape index (κ3) is 3.08. The zero-order valence-electron chi connectivity index (χ0n) is 9.62. The van der Waals surface area contributed by atoms with Crippen molar-refractivity contribution in [3.63, 3.8) is 0 Å². The molecule has 0 bridgehead atoms. The predicted octanol–water partition coefficient (Wildman–Crippen LogP) is 2.65. The fourth-order valence-electron chi connectivity index (χ4n) is 2.63. The number of ether oxygens (including phenoxy) is 1. The Morgan fingerprint density at radius 3 is 2.87 bits per heavy atom. The molecule has 2 nitrogen and oxygen atoms in total. The molecule has 88 valence electrons. The van der Waals surface area contributed by atoms with Crippen LogP contribution in [0.1, 0.15) is 39.0 Å². The van der Waals surface area contributed by atoms with Gasteiger partial charge in [0.2, 0.25) is 0 Å². The van der Waals surface area contributed by atoms with Gasteiger partial charge in [-0.2, -0.15) is 0 Å². The molecular weight excluding hydrogens is 210 g/mol. The number of halogens is 1. The molecule has 15 heavy (non-hydrogen) atoms. The summed E-state index contributed by atoms with van der Waals surface area (Å²) in [5, 5.41) is 0.336. The van der Waals surface area contributed by atoms with Crippen LogP contribution >= 0.6 is 11.6 Å².